The maximum Gasteiger partial charge on any atom is 0.239 e. The van der Waals surface area contributed by atoms with E-state index >= 15 is 0 Å². The number of hydrogen-bond acceptors (Lipinski definition) is 5. The Morgan fingerprint density at radius 2 is 2.11 bits per heavy atom. The van der Waals surface area contributed by atoms with E-state index in [4.69, 9.17) is 22.7 Å². The summed E-state index contributed by atoms with van der Waals surface area (Å²) in [4.78, 5) is 20.2. The van der Waals surface area contributed by atoms with E-state index in [-0.39, 0.29) is 16.8 Å². The molecular formula is C11H16N4O2S. The maximum absolute atomic E-state index is 12.0. The monoisotopic (exact) mass is 268 g/mol. The fourth-order valence-corrected chi connectivity index (χ4v) is 1.16. The number of amides is 1. The second kappa shape index (κ2) is 5.26. The van der Waals surface area contributed by atoms with Crippen molar-refractivity contribution < 1.29 is 9.53 Å². The number of anilines is 1. The van der Waals surface area contributed by atoms with E-state index in [0.717, 1.165) is 0 Å². The van der Waals surface area contributed by atoms with Crippen molar-refractivity contribution in [1.82, 2.24) is 9.97 Å². The highest BCUT2D eigenvalue weighted by Gasteiger charge is 2.31. The van der Waals surface area contributed by atoms with Gasteiger partial charge in [0.15, 0.2) is 0 Å². The van der Waals surface area contributed by atoms with Gasteiger partial charge in [-0.05, 0) is 20.8 Å². The summed E-state index contributed by atoms with van der Waals surface area (Å²) in [5.41, 5.74) is 5.24. The standard InChI is InChI=1S/C11H16N4O2S/c1-6-5-7(17-4)14-10(13-6)15-9(16)11(2,3)8(12)18/h5H,1-4H3,(H2,12,18)(H,13,14,15,16). The summed E-state index contributed by atoms with van der Waals surface area (Å²) in [5, 5.41) is 2.57. The van der Waals surface area contributed by atoms with E-state index in [1.54, 1.807) is 26.8 Å². The molecule has 0 fully saturated rings. The van der Waals surface area contributed by atoms with Gasteiger partial charge in [-0.1, -0.05) is 12.2 Å². The molecule has 1 amide bonds. The molecule has 0 radical (unpaired) electrons. The lowest BCUT2D eigenvalue weighted by Gasteiger charge is -2.21. The van der Waals surface area contributed by atoms with Crippen LogP contribution < -0.4 is 15.8 Å². The molecule has 6 nitrogen and oxygen atoms in total. The number of rotatable bonds is 4. The van der Waals surface area contributed by atoms with Crippen LogP contribution in [-0.2, 0) is 4.79 Å². The van der Waals surface area contributed by atoms with E-state index in [1.807, 2.05) is 0 Å². The van der Waals surface area contributed by atoms with Crippen LogP contribution in [0.1, 0.15) is 19.5 Å². The van der Waals surface area contributed by atoms with Crippen molar-refractivity contribution in [2.24, 2.45) is 11.1 Å². The molecule has 18 heavy (non-hydrogen) atoms. The van der Waals surface area contributed by atoms with Gasteiger partial charge in [0.1, 0.15) is 0 Å². The fourth-order valence-electron chi connectivity index (χ4n) is 1.07. The first kappa shape index (κ1) is 14.3. The van der Waals surface area contributed by atoms with Gasteiger partial charge in [-0.2, -0.15) is 4.98 Å². The van der Waals surface area contributed by atoms with Crippen LogP contribution >= 0.6 is 12.2 Å². The van der Waals surface area contributed by atoms with Gasteiger partial charge in [0.25, 0.3) is 0 Å². The normalized spacial score (nSPS) is 10.9. The molecule has 0 aromatic carbocycles. The van der Waals surface area contributed by atoms with E-state index in [0.29, 0.717) is 11.6 Å². The van der Waals surface area contributed by atoms with Gasteiger partial charge in [-0.15, -0.1) is 0 Å². The Balaban J connectivity index is 2.95. The molecule has 0 atom stereocenters. The highest BCUT2D eigenvalue weighted by Crippen LogP contribution is 2.19. The molecule has 0 aliphatic carbocycles. The van der Waals surface area contributed by atoms with Gasteiger partial charge in [-0.25, -0.2) is 4.98 Å². The smallest absolute Gasteiger partial charge is 0.239 e. The number of aryl methyl sites for hydroxylation is 1. The average Bonchev–Trinajstić information content (AvgIpc) is 2.27. The SMILES string of the molecule is COc1cc(C)nc(NC(=O)C(C)(C)C(N)=S)n1. The minimum absolute atomic E-state index is 0.111. The number of nitrogens with one attached hydrogen (secondary N) is 1. The minimum atomic E-state index is -0.963. The third-order valence-electron chi connectivity index (χ3n) is 2.45. The average molecular weight is 268 g/mol. The predicted molar refractivity (Wildman–Crippen MR) is 72.5 cm³/mol. The minimum Gasteiger partial charge on any atom is -0.481 e. The quantitative estimate of drug-likeness (QED) is 0.793. The van der Waals surface area contributed by atoms with Crippen LogP contribution in [0.2, 0.25) is 0 Å². The van der Waals surface area contributed by atoms with Crippen LogP contribution in [0.3, 0.4) is 0 Å². The maximum atomic E-state index is 12.0. The van der Waals surface area contributed by atoms with Crippen LogP contribution in [-0.4, -0.2) is 28.0 Å². The van der Waals surface area contributed by atoms with Gasteiger partial charge in [0, 0.05) is 11.8 Å². The van der Waals surface area contributed by atoms with Gasteiger partial charge in [0.2, 0.25) is 17.7 Å². The molecule has 0 aliphatic heterocycles. The zero-order valence-electron chi connectivity index (χ0n) is 10.8. The topological polar surface area (TPSA) is 90.1 Å². The second-order valence-electron chi connectivity index (χ2n) is 4.32. The summed E-state index contributed by atoms with van der Waals surface area (Å²) >= 11 is 4.85. The number of nitrogens with zero attached hydrogens (tertiary/aromatic N) is 2. The third kappa shape index (κ3) is 3.13. The zero-order chi connectivity index (χ0) is 13.9. The first-order chi connectivity index (χ1) is 8.27. The first-order valence-electron chi connectivity index (χ1n) is 5.28. The Labute approximate surface area is 111 Å². The van der Waals surface area contributed by atoms with Crippen molar-refractivity contribution in [1.29, 1.82) is 0 Å². The molecule has 0 saturated heterocycles. The number of ether oxygens (including phenoxy) is 1. The number of hydrogen-bond donors (Lipinski definition) is 2. The molecule has 7 heteroatoms. The number of methoxy groups -OCH3 is 1. The van der Waals surface area contributed by atoms with Crippen molar-refractivity contribution in [3.05, 3.63) is 11.8 Å². The molecule has 1 rings (SSSR count). The third-order valence-corrected chi connectivity index (χ3v) is 2.96. The molecule has 1 aromatic rings. The number of nitrogens with two attached hydrogens (primary N) is 1. The molecule has 3 N–H and O–H groups in total. The second-order valence-corrected chi connectivity index (χ2v) is 4.76. The van der Waals surface area contributed by atoms with Crippen molar-refractivity contribution in [3.63, 3.8) is 0 Å². The van der Waals surface area contributed by atoms with Crippen molar-refractivity contribution >= 4 is 29.1 Å². The number of thiocarbonyl (C=S) groups is 1. The van der Waals surface area contributed by atoms with Crippen LogP contribution in [0.25, 0.3) is 0 Å². The van der Waals surface area contributed by atoms with Crippen LogP contribution in [0.15, 0.2) is 6.07 Å². The molecule has 0 saturated carbocycles. The summed E-state index contributed by atoms with van der Waals surface area (Å²) in [7, 11) is 1.49. The Kier molecular flexibility index (Phi) is 4.18. The Morgan fingerprint density at radius 1 is 1.50 bits per heavy atom. The van der Waals surface area contributed by atoms with Crippen LogP contribution in [0.4, 0.5) is 5.95 Å². The molecular weight excluding hydrogens is 252 g/mol. The summed E-state index contributed by atoms with van der Waals surface area (Å²) in [5.74, 6) is 0.190. The van der Waals surface area contributed by atoms with Crippen molar-refractivity contribution in [3.8, 4) is 5.88 Å². The van der Waals surface area contributed by atoms with Gasteiger partial charge < -0.3 is 10.5 Å². The summed E-state index contributed by atoms with van der Waals surface area (Å²) in [6.07, 6.45) is 0. The summed E-state index contributed by atoms with van der Waals surface area (Å²) in [6.45, 7) is 5.05. The Bertz CT molecular complexity index is 488. The Hall–Kier alpha value is -1.76. The first-order valence-corrected chi connectivity index (χ1v) is 5.69. The van der Waals surface area contributed by atoms with Gasteiger partial charge in [-0.3, -0.25) is 10.1 Å². The molecule has 0 aliphatic rings. The number of aromatic nitrogens is 2. The van der Waals surface area contributed by atoms with Gasteiger partial charge in [0.05, 0.1) is 17.5 Å². The van der Waals surface area contributed by atoms with E-state index in [1.165, 1.54) is 7.11 Å². The van der Waals surface area contributed by atoms with Crippen LogP contribution in [0, 0.1) is 12.3 Å². The molecule has 0 spiro atoms. The highest BCUT2D eigenvalue weighted by atomic mass is 32.1. The summed E-state index contributed by atoms with van der Waals surface area (Å²) in [6, 6.07) is 1.66. The highest BCUT2D eigenvalue weighted by molar-refractivity contribution is 7.80. The molecule has 0 bridgehead atoms. The summed E-state index contributed by atoms with van der Waals surface area (Å²) < 4.78 is 5.00. The Morgan fingerprint density at radius 3 is 2.61 bits per heavy atom. The predicted octanol–water partition coefficient (Wildman–Crippen LogP) is 1.04. The lowest BCUT2D eigenvalue weighted by Crippen LogP contribution is -2.41. The van der Waals surface area contributed by atoms with Crippen molar-refractivity contribution in [2.75, 3.05) is 12.4 Å². The van der Waals surface area contributed by atoms with Gasteiger partial charge >= 0.3 is 0 Å². The number of carbonyl (C=O) groups is 1. The number of carbonyl (C=O) groups excluding carboxylic acids is 1. The largest absolute Gasteiger partial charge is 0.481 e. The molecule has 1 aromatic heterocycles. The lowest BCUT2D eigenvalue weighted by atomic mass is 9.92. The van der Waals surface area contributed by atoms with E-state index < -0.39 is 5.41 Å². The van der Waals surface area contributed by atoms with E-state index in [2.05, 4.69) is 15.3 Å². The van der Waals surface area contributed by atoms with Crippen molar-refractivity contribution in [2.45, 2.75) is 20.8 Å². The molecule has 1 heterocycles. The molecule has 98 valence electrons. The molecule has 0 unspecified atom stereocenters. The van der Waals surface area contributed by atoms with Crippen LogP contribution in [0.5, 0.6) is 5.88 Å². The van der Waals surface area contributed by atoms with E-state index in [9.17, 15) is 4.79 Å². The lowest BCUT2D eigenvalue weighted by molar-refractivity contribution is -0.121. The zero-order valence-corrected chi connectivity index (χ0v) is 11.6. The fraction of sp³-hybridized carbons (Fsp3) is 0.455.